The summed E-state index contributed by atoms with van der Waals surface area (Å²) >= 11 is 0. The van der Waals surface area contributed by atoms with Crippen LogP contribution in [0.5, 0.6) is 5.75 Å². The van der Waals surface area contributed by atoms with Crippen molar-refractivity contribution in [2.75, 3.05) is 0 Å². The van der Waals surface area contributed by atoms with E-state index in [4.69, 9.17) is 0 Å². The average Bonchev–Trinajstić information content (AvgIpc) is 2.89. The van der Waals surface area contributed by atoms with Crippen molar-refractivity contribution in [1.82, 2.24) is 0 Å². The second kappa shape index (κ2) is 8.41. The number of rotatable bonds is 3. The predicted molar refractivity (Wildman–Crippen MR) is 154 cm³/mol. The van der Waals surface area contributed by atoms with Gasteiger partial charge in [0.05, 0.1) is 0 Å². The highest BCUT2D eigenvalue weighted by molar-refractivity contribution is 7.80. The number of fused-ring (bicyclic) bond motifs is 2. The monoisotopic (exact) mass is 463 g/mol. The zero-order chi connectivity index (χ0) is 22.6. The van der Waals surface area contributed by atoms with Crippen molar-refractivity contribution in [2.24, 2.45) is 0 Å². The molecule has 35 heavy (non-hydrogen) atoms. The van der Waals surface area contributed by atoms with Gasteiger partial charge < -0.3 is 5.11 Å². The Morgan fingerprint density at radius 2 is 1.00 bits per heavy atom. The number of benzene rings is 7. The van der Waals surface area contributed by atoms with E-state index in [9.17, 15) is 5.11 Å². The highest BCUT2D eigenvalue weighted by Gasteiger charge is 2.22. The lowest BCUT2D eigenvalue weighted by Crippen LogP contribution is -2.21. The third-order valence-electron chi connectivity index (χ3n) is 6.85. The van der Waals surface area contributed by atoms with E-state index >= 15 is 0 Å². The molecule has 7 aromatic rings. The van der Waals surface area contributed by atoms with Crippen molar-refractivity contribution in [1.29, 1.82) is 0 Å². The first-order valence-electron chi connectivity index (χ1n) is 11.5. The Labute approximate surface area is 207 Å². The van der Waals surface area contributed by atoms with E-state index in [2.05, 4.69) is 109 Å². The SMILES string of the molecule is Oc1ccc(P(c2ccccc2)c2ccc3cccc4c5cccc6cccc(c2c34)c65)cc1.[B]. The maximum atomic E-state index is 9.99. The van der Waals surface area contributed by atoms with E-state index in [-0.39, 0.29) is 8.41 Å². The normalized spacial score (nSPS) is 12.3. The highest BCUT2D eigenvalue weighted by Crippen LogP contribution is 2.44. The van der Waals surface area contributed by atoms with Crippen LogP contribution in [0.25, 0.3) is 43.1 Å². The number of phenolic OH excluding ortho intramolecular Hbond substituents is 1. The van der Waals surface area contributed by atoms with Gasteiger partial charge in [0.25, 0.3) is 0 Å². The molecule has 0 heterocycles. The summed E-state index contributed by atoms with van der Waals surface area (Å²) in [5.41, 5.74) is 0. The fourth-order valence-corrected chi connectivity index (χ4v) is 7.88. The molecule has 0 aliphatic rings. The molecule has 163 valence electrons. The molecule has 1 nitrogen and oxygen atoms in total. The van der Waals surface area contributed by atoms with E-state index in [1.807, 2.05) is 12.1 Å². The van der Waals surface area contributed by atoms with Crippen LogP contribution in [0.2, 0.25) is 0 Å². The van der Waals surface area contributed by atoms with Crippen molar-refractivity contribution in [3.63, 3.8) is 0 Å². The molecule has 3 radical (unpaired) electrons. The molecule has 0 amide bonds. The summed E-state index contributed by atoms with van der Waals surface area (Å²) in [6.07, 6.45) is 0. The minimum atomic E-state index is -0.820. The first kappa shape index (κ1) is 21.7. The first-order chi connectivity index (χ1) is 16.8. The van der Waals surface area contributed by atoms with Gasteiger partial charge in [-0.25, -0.2) is 0 Å². The van der Waals surface area contributed by atoms with Gasteiger partial charge in [0.15, 0.2) is 0 Å². The standard InChI is InChI=1S/C32H21OP.B/c33-23-16-18-25(19-17-23)34(24-10-2-1-3-11-24)29-20-15-22-9-5-13-27-26-12-4-7-21-8-6-14-28(30(21)26)32(29)31(22)27;/h1-20,33H;. The molecule has 1 N–H and O–H groups in total. The van der Waals surface area contributed by atoms with E-state index in [0.717, 1.165) is 0 Å². The Kier molecular flexibility index (Phi) is 5.21. The summed E-state index contributed by atoms with van der Waals surface area (Å²) in [6.45, 7) is 0. The van der Waals surface area contributed by atoms with Gasteiger partial charge >= 0.3 is 0 Å². The van der Waals surface area contributed by atoms with Gasteiger partial charge in [-0.1, -0.05) is 109 Å². The molecule has 0 aliphatic carbocycles. The second-order valence-corrected chi connectivity index (χ2v) is 10.9. The Morgan fingerprint density at radius 3 is 1.69 bits per heavy atom. The van der Waals surface area contributed by atoms with Crippen LogP contribution in [-0.2, 0) is 0 Å². The largest absolute Gasteiger partial charge is 0.508 e. The van der Waals surface area contributed by atoms with Crippen LogP contribution in [0.15, 0.2) is 121 Å². The quantitative estimate of drug-likeness (QED) is 0.132. The third kappa shape index (κ3) is 3.29. The minimum Gasteiger partial charge on any atom is -0.508 e. The zero-order valence-corrected chi connectivity index (χ0v) is 19.9. The lowest BCUT2D eigenvalue weighted by Gasteiger charge is -2.24. The summed E-state index contributed by atoms with van der Waals surface area (Å²) in [5, 5.41) is 24.4. The van der Waals surface area contributed by atoms with E-state index < -0.39 is 7.92 Å². The topological polar surface area (TPSA) is 20.2 Å². The molecular formula is C32H21BOP. The van der Waals surface area contributed by atoms with E-state index in [0.29, 0.717) is 5.75 Å². The number of hydrogen-bond donors (Lipinski definition) is 1. The summed E-state index contributed by atoms with van der Waals surface area (Å²) < 4.78 is 0. The van der Waals surface area contributed by atoms with Gasteiger partial charge in [-0.3, -0.25) is 0 Å². The lowest BCUT2D eigenvalue weighted by molar-refractivity contribution is 0.475. The molecule has 0 saturated heterocycles. The smallest absolute Gasteiger partial charge is 0.115 e. The van der Waals surface area contributed by atoms with E-state index in [1.165, 1.54) is 59.0 Å². The first-order valence-corrected chi connectivity index (χ1v) is 12.9. The van der Waals surface area contributed by atoms with Crippen molar-refractivity contribution in [2.45, 2.75) is 0 Å². The van der Waals surface area contributed by atoms with Crippen LogP contribution in [0, 0.1) is 0 Å². The number of hydrogen-bond acceptors (Lipinski definition) is 1. The molecule has 7 rings (SSSR count). The molecule has 0 fully saturated rings. The molecule has 1 atom stereocenters. The van der Waals surface area contributed by atoms with Crippen LogP contribution in [0.3, 0.4) is 0 Å². The van der Waals surface area contributed by atoms with Crippen molar-refractivity contribution in [3.05, 3.63) is 121 Å². The van der Waals surface area contributed by atoms with Crippen molar-refractivity contribution in [3.8, 4) is 5.75 Å². The Balaban J connectivity index is 0.00000229. The van der Waals surface area contributed by atoms with Gasteiger partial charge in [0.1, 0.15) is 5.75 Å². The maximum Gasteiger partial charge on any atom is 0.115 e. The zero-order valence-electron chi connectivity index (χ0n) is 19.0. The van der Waals surface area contributed by atoms with Gasteiger partial charge in [-0.2, -0.15) is 0 Å². The summed E-state index contributed by atoms with van der Waals surface area (Å²) in [6, 6.07) is 43.2. The molecule has 7 aromatic carbocycles. The Bertz CT molecular complexity index is 1800. The molecule has 1 unspecified atom stereocenters. The van der Waals surface area contributed by atoms with E-state index in [1.54, 1.807) is 0 Å². The van der Waals surface area contributed by atoms with Gasteiger partial charge in [-0.15, -0.1) is 0 Å². The fraction of sp³-hybridized carbons (Fsp3) is 0. The summed E-state index contributed by atoms with van der Waals surface area (Å²) in [7, 11) is -0.820. The Hall–Kier alpha value is -3.87. The second-order valence-electron chi connectivity index (χ2n) is 8.76. The molecule has 0 bridgehead atoms. The minimum absolute atomic E-state index is 0. The fourth-order valence-electron chi connectivity index (χ4n) is 5.43. The van der Waals surface area contributed by atoms with Crippen LogP contribution in [-0.4, -0.2) is 13.5 Å². The van der Waals surface area contributed by atoms with Gasteiger partial charge in [0, 0.05) is 8.41 Å². The molecule has 0 aromatic heterocycles. The number of aromatic hydroxyl groups is 1. The maximum absolute atomic E-state index is 9.99. The number of phenols is 1. The summed E-state index contributed by atoms with van der Waals surface area (Å²) in [4.78, 5) is 0. The third-order valence-corrected chi connectivity index (χ3v) is 9.33. The Morgan fingerprint density at radius 1 is 0.429 bits per heavy atom. The van der Waals surface area contributed by atoms with Crippen LogP contribution in [0.4, 0.5) is 0 Å². The highest BCUT2D eigenvalue weighted by atomic mass is 31.1. The molecule has 3 heteroatoms. The lowest BCUT2D eigenvalue weighted by atomic mass is 9.90. The van der Waals surface area contributed by atoms with Crippen molar-refractivity contribution < 1.29 is 5.11 Å². The van der Waals surface area contributed by atoms with Gasteiger partial charge in [-0.05, 0) is 79.1 Å². The molecule has 0 aliphatic heterocycles. The van der Waals surface area contributed by atoms with Crippen LogP contribution in [0.1, 0.15) is 0 Å². The predicted octanol–water partition coefficient (Wildman–Crippen LogP) is 6.82. The summed E-state index contributed by atoms with van der Waals surface area (Å²) in [5.74, 6) is 0.299. The molecular weight excluding hydrogens is 442 g/mol. The van der Waals surface area contributed by atoms with Crippen molar-refractivity contribution >= 4 is 75.3 Å². The van der Waals surface area contributed by atoms with Gasteiger partial charge in [0.2, 0.25) is 0 Å². The van der Waals surface area contributed by atoms with Crippen LogP contribution >= 0.6 is 7.92 Å². The average molecular weight is 463 g/mol. The molecule has 0 spiro atoms. The van der Waals surface area contributed by atoms with Crippen LogP contribution < -0.4 is 15.9 Å². The molecule has 0 saturated carbocycles.